The molecule has 1 saturated carbocycles. The highest BCUT2D eigenvalue weighted by atomic mass is 16.5. The third-order valence-corrected chi connectivity index (χ3v) is 3.09. The van der Waals surface area contributed by atoms with Crippen LogP contribution in [-0.4, -0.2) is 12.1 Å². The molecule has 0 aromatic heterocycles. The lowest BCUT2D eigenvalue weighted by atomic mass is 9.99. The summed E-state index contributed by atoms with van der Waals surface area (Å²) in [6.07, 6.45) is 5.49. The van der Waals surface area contributed by atoms with E-state index in [9.17, 15) is 4.79 Å². The van der Waals surface area contributed by atoms with Gasteiger partial charge in [-0.15, -0.1) is 0 Å². The number of ether oxygens (including phenoxy) is 1. The fourth-order valence-corrected chi connectivity index (χ4v) is 2.67. The molecule has 14 heavy (non-hydrogen) atoms. The molecule has 0 aromatic rings. The highest BCUT2D eigenvalue weighted by Crippen LogP contribution is 2.46. The van der Waals surface area contributed by atoms with E-state index in [1.165, 1.54) is 18.1 Å². The van der Waals surface area contributed by atoms with Gasteiger partial charge >= 0.3 is 5.97 Å². The van der Waals surface area contributed by atoms with Gasteiger partial charge in [0.2, 0.25) is 0 Å². The summed E-state index contributed by atoms with van der Waals surface area (Å²) in [4.78, 5) is 10.9. The Morgan fingerprint density at radius 2 is 2.07 bits per heavy atom. The first-order valence-electron chi connectivity index (χ1n) is 5.12. The van der Waals surface area contributed by atoms with Crippen molar-refractivity contribution in [2.45, 2.75) is 33.3 Å². The molecule has 0 heterocycles. The van der Waals surface area contributed by atoms with Crippen LogP contribution in [-0.2, 0) is 9.53 Å². The smallest absolute Gasteiger partial charge is 0.302 e. The van der Waals surface area contributed by atoms with Crippen molar-refractivity contribution in [1.82, 2.24) is 0 Å². The molecule has 76 valence electrons. The van der Waals surface area contributed by atoms with Crippen molar-refractivity contribution in [3.63, 3.8) is 0 Å². The summed E-state index contributed by atoms with van der Waals surface area (Å²) in [5.41, 5.74) is 2.84. The number of hydrogen-bond donors (Lipinski definition) is 0. The minimum Gasteiger partial charge on any atom is -0.462 e. The number of rotatable bonds is 1. The van der Waals surface area contributed by atoms with E-state index in [1.807, 2.05) is 0 Å². The van der Waals surface area contributed by atoms with Crippen LogP contribution in [0, 0.1) is 11.8 Å². The van der Waals surface area contributed by atoms with E-state index in [2.05, 4.69) is 26.0 Å². The first kappa shape index (κ1) is 9.50. The highest BCUT2D eigenvalue weighted by molar-refractivity contribution is 5.66. The Kier molecular flexibility index (Phi) is 2.22. The largest absolute Gasteiger partial charge is 0.462 e. The van der Waals surface area contributed by atoms with Crippen LogP contribution < -0.4 is 0 Å². The Morgan fingerprint density at radius 3 is 2.57 bits per heavy atom. The molecule has 0 aromatic carbocycles. The van der Waals surface area contributed by atoms with Gasteiger partial charge in [0.1, 0.15) is 6.10 Å². The number of esters is 1. The summed E-state index contributed by atoms with van der Waals surface area (Å²) in [6.45, 7) is 5.76. The van der Waals surface area contributed by atoms with E-state index in [4.69, 9.17) is 4.74 Å². The van der Waals surface area contributed by atoms with Crippen LogP contribution in [0.4, 0.5) is 0 Å². The maximum Gasteiger partial charge on any atom is 0.302 e. The van der Waals surface area contributed by atoms with Crippen molar-refractivity contribution in [3.05, 3.63) is 23.3 Å². The summed E-state index contributed by atoms with van der Waals surface area (Å²) < 4.78 is 5.30. The Morgan fingerprint density at radius 1 is 1.36 bits per heavy atom. The molecule has 3 unspecified atom stereocenters. The standard InChI is InChI=1S/C12H16O2/c1-7(2)12-9-4-5-10(12)11(6-9)14-8(3)13/h4-5,9-11H,6H2,1-3H3. The lowest BCUT2D eigenvalue weighted by Crippen LogP contribution is -2.20. The molecular weight excluding hydrogens is 176 g/mol. The average Bonchev–Trinajstić information content (AvgIpc) is 2.58. The molecule has 2 aliphatic rings. The van der Waals surface area contributed by atoms with Gasteiger partial charge in [0.15, 0.2) is 0 Å². The van der Waals surface area contributed by atoms with Gasteiger partial charge in [0.25, 0.3) is 0 Å². The first-order chi connectivity index (χ1) is 6.59. The van der Waals surface area contributed by atoms with Gasteiger partial charge in [-0.25, -0.2) is 0 Å². The third kappa shape index (κ3) is 1.39. The van der Waals surface area contributed by atoms with E-state index in [1.54, 1.807) is 0 Å². The number of fused-ring (bicyclic) bond motifs is 2. The van der Waals surface area contributed by atoms with Gasteiger partial charge in [-0.05, 0) is 20.3 Å². The second kappa shape index (κ2) is 3.26. The van der Waals surface area contributed by atoms with Crippen molar-refractivity contribution in [2.24, 2.45) is 11.8 Å². The summed E-state index contributed by atoms with van der Waals surface area (Å²) in [6, 6.07) is 0. The molecule has 0 spiro atoms. The fourth-order valence-electron chi connectivity index (χ4n) is 2.67. The van der Waals surface area contributed by atoms with Gasteiger partial charge in [-0.2, -0.15) is 0 Å². The maximum atomic E-state index is 10.9. The molecule has 1 fully saturated rings. The SMILES string of the molecule is CC(=O)OC1CC2C=CC1C2=C(C)C. The molecule has 0 N–H and O–H groups in total. The van der Waals surface area contributed by atoms with E-state index >= 15 is 0 Å². The monoisotopic (exact) mass is 192 g/mol. The van der Waals surface area contributed by atoms with E-state index in [0.717, 1.165) is 6.42 Å². The van der Waals surface area contributed by atoms with Gasteiger partial charge in [0, 0.05) is 18.8 Å². The quantitative estimate of drug-likeness (QED) is 0.471. The minimum absolute atomic E-state index is 0.0902. The predicted molar refractivity (Wildman–Crippen MR) is 54.7 cm³/mol. The molecule has 0 aliphatic heterocycles. The molecule has 2 bridgehead atoms. The number of carbonyl (C=O) groups excluding carboxylic acids is 1. The first-order valence-corrected chi connectivity index (χ1v) is 5.12. The molecule has 2 heteroatoms. The topological polar surface area (TPSA) is 26.3 Å². The zero-order valence-electron chi connectivity index (χ0n) is 8.91. The van der Waals surface area contributed by atoms with Gasteiger partial charge in [0.05, 0.1) is 0 Å². The zero-order chi connectivity index (χ0) is 10.3. The molecule has 0 amide bonds. The summed E-state index contributed by atoms with van der Waals surface area (Å²) in [5.74, 6) is 0.715. The maximum absolute atomic E-state index is 10.9. The zero-order valence-corrected chi connectivity index (χ0v) is 8.91. The Bertz CT molecular complexity index is 321. The van der Waals surface area contributed by atoms with Crippen molar-refractivity contribution >= 4 is 5.97 Å². The highest BCUT2D eigenvalue weighted by Gasteiger charge is 2.42. The van der Waals surface area contributed by atoms with Crippen LogP contribution in [0.15, 0.2) is 23.3 Å². The third-order valence-electron chi connectivity index (χ3n) is 3.09. The normalized spacial score (nSPS) is 33.6. The minimum atomic E-state index is -0.163. The molecule has 3 atom stereocenters. The number of carbonyl (C=O) groups is 1. The molecule has 0 radical (unpaired) electrons. The molecular formula is C12H16O2. The molecule has 2 rings (SSSR count). The number of hydrogen-bond acceptors (Lipinski definition) is 2. The summed E-state index contributed by atoms with van der Waals surface area (Å²) in [7, 11) is 0. The molecule has 0 saturated heterocycles. The fraction of sp³-hybridized carbons (Fsp3) is 0.583. The van der Waals surface area contributed by atoms with Crippen LogP contribution in [0.25, 0.3) is 0 Å². The van der Waals surface area contributed by atoms with Crippen molar-refractivity contribution in [3.8, 4) is 0 Å². The summed E-state index contributed by atoms with van der Waals surface area (Å²) in [5, 5.41) is 0. The predicted octanol–water partition coefficient (Wildman–Crippen LogP) is 2.46. The van der Waals surface area contributed by atoms with Gasteiger partial charge < -0.3 is 4.74 Å². The second-order valence-electron chi connectivity index (χ2n) is 4.36. The van der Waals surface area contributed by atoms with Crippen LogP contribution in [0.1, 0.15) is 27.2 Å². The van der Waals surface area contributed by atoms with Crippen molar-refractivity contribution in [1.29, 1.82) is 0 Å². The Labute approximate surface area is 84.6 Å². The van der Waals surface area contributed by atoms with Crippen LogP contribution in [0.5, 0.6) is 0 Å². The van der Waals surface area contributed by atoms with Crippen LogP contribution >= 0.6 is 0 Å². The lowest BCUT2D eigenvalue weighted by Gasteiger charge is -2.17. The van der Waals surface area contributed by atoms with E-state index in [-0.39, 0.29) is 12.1 Å². The second-order valence-corrected chi connectivity index (χ2v) is 4.36. The van der Waals surface area contributed by atoms with Gasteiger partial charge in [-0.3, -0.25) is 4.79 Å². The van der Waals surface area contributed by atoms with Crippen LogP contribution in [0.3, 0.4) is 0 Å². The Balaban J connectivity index is 2.19. The molecule has 2 nitrogen and oxygen atoms in total. The van der Waals surface area contributed by atoms with Crippen LogP contribution in [0.2, 0.25) is 0 Å². The lowest BCUT2D eigenvalue weighted by molar-refractivity contribution is -0.147. The van der Waals surface area contributed by atoms with Crippen molar-refractivity contribution < 1.29 is 9.53 Å². The van der Waals surface area contributed by atoms with E-state index in [0.29, 0.717) is 11.8 Å². The number of allylic oxidation sites excluding steroid dienone is 2. The van der Waals surface area contributed by atoms with E-state index < -0.39 is 0 Å². The molecule has 2 aliphatic carbocycles. The Hall–Kier alpha value is -1.05. The van der Waals surface area contributed by atoms with Crippen molar-refractivity contribution in [2.75, 3.05) is 0 Å². The van der Waals surface area contributed by atoms with Gasteiger partial charge in [-0.1, -0.05) is 23.3 Å². The average molecular weight is 192 g/mol. The summed E-state index contributed by atoms with van der Waals surface area (Å²) >= 11 is 0.